The van der Waals surface area contributed by atoms with Gasteiger partial charge in [0.2, 0.25) is 0 Å². The summed E-state index contributed by atoms with van der Waals surface area (Å²) in [4.78, 5) is 12.5. The highest BCUT2D eigenvalue weighted by atomic mass is 19.4. The monoisotopic (exact) mass is 337 g/mol. The zero-order valence-corrected chi connectivity index (χ0v) is 12.3. The van der Waals surface area contributed by atoms with Gasteiger partial charge in [0.15, 0.2) is 5.75 Å². The maximum Gasteiger partial charge on any atom is 0.573 e. The molecule has 0 aliphatic carbocycles. The molecule has 2 aromatic carbocycles. The molecule has 1 aliphatic heterocycles. The summed E-state index contributed by atoms with van der Waals surface area (Å²) in [6.07, 6.45) is -4.87. The Hall–Kier alpha value is -3.03. The van der Waals surface area contributed by atoms with Gasteiger partial charge < -0.3 is 14.7 Å². The first-order valence-corrected chi connectivity index (χ1v) is 6.74. The van der Waals surface area contributed by atoms with Crippen molar-refractivity contribution in [1.82, 2.24) is 0 Å². The highest BCUT2D eigenvalue weighted by Gasteiger charge is 2.39. The van der Waals surface area contributed by atoms with E-state index in [-0.39, 0.29) is 28.3 Å². The lowest BCUT2D eigenvalue weighted by atomic mass is 10.0. The number of methoxy groups -OCH3 is 1. The topological polar surface area (TPSA) is 61.6 Å². The molecule has 5 nitrogen and oxygen atoms in total. The third-order valence-electron chi connectivity index (χ3n) is 3.43. The lowest BCUT2D eigenvalue weighted by Gasteiger charge is -2.09. The fourth-order valence-electron chi connectivity index (χ4n) is 2.50. The fourth-order valence-corrected chi connectivity index (χ4v) is 2.50. The molecule has 0 atom stereocenters. The minimum Gasteiger partial charge on any atom is -0.618 e. The molecule has 0 aromatic heterocycles. The molecule has 2 aromatic rings. The van der Waals surface area contributed by atoms with Crippen molar-refractivity contribution in [3.05, 3.63) is 58.8 Å². The number of alkyl halides is 3. The maximum absolute atomic E-state index is 12.5. The third kappa shape index (κ3) is 2.66. The van der Waals surface area contributed by atoms with Gasteiger partial charge in [-0.2, -0.15) is 4.74 Å². The Bertz CT molecular complexity index is 859. The molecule has 0 amide bonds. The summed E-state index contributed by atoms with van der Waals surface area (Å²) >= 11 is 0. The minimum absolute atomic E-state index is 0.0232. The Kier molecular flexibility index (Phi) is 3.67. The highest BCUT2D eigenvalue weighted by Crippen LogP contribution is 2.37. The summed E-state index contributed by atoms with van der Waals surface area (Å²) in [7, 11) is 1.35. The molecule has 0 radical (unpaired) electrons. The second-order valence-electron chi connectivity index (χ2n) is 4.90. The van der Waals surface area contributed by atoms with Crippen LogP contribution in [-0.4, -0.2) is 29.7 Å². The van der Waals surface area contributed by atoms with E-state index in [1.165, 1.54) is 31.4 Å². The molecule has 8 heteroatoms. The number of fused-ring (bicyclic) bond motifs is 1. The van der Waals surface area contributed by atoms with Gasteiger partial charge in [-0.3, -0.25) is 4.79 Å². The van der Waals surface area contributed by atoms with E-state index < -0.39 is 17.9 Å². The van der Waals surface area contributed by atoms with Crippen molar-refractivity contribution in [2.45, 2.75) is 6.36 Å². The van der Waals surface area contributed by atoms with Crippen LogP contribution in [0.5, 0.6) is 11.5 Å². The van der Waals surface area contributed by atoms with E-state index >= 15 is 0 Å². The molecular weight excluding hydrogens is 327 g/mol. The largest absolute Gasteiger partial charge is 0.618 e. The highest BCUT2D eigenvalue weighted by molar-refractivity contribution is 6.52. The van der Waals surface area contributed by atoms with Crippen molar-refractivity contribution < 1.29 is 32.2 Å². The summed E-state index contributed by atoms with van der Waals surface area (Å²) in [5.74, 6) is -0.909. The number of carbonyl (C=O) groups is 1. The Morgan fingerprint density at radius 1 is 1.12 bits per heavy atom. The van der Waals surface area contributed by atoms with Crippen LogP contribution in [0, 0.1) is 5.21 Å². The maximum atomic E-state index is 12.5. The van der Waals surface area contributed by atoms with Gasteiger partial charge in [-0.05, 0) is 30.3 Å². The van der Waals surface area contributed by atoms with E-state index in [2.05, 4.69) is 4.74 Å². The second-order valence-corrected chi connectivity index (χ2v) is 4.90. The molecule has 1 heterocycles. The number of nitrogens with zero attached hydrogens (tertiary/aromatic N) is 1. The van der Waals surface area contributed by atoms with Gasteiger partial charge in [-0.15, -0.1) is 13.2 Å². The standard InChI is InChI=1S/C16H10F3NO4/c1-23-12-7-3-6-11-14(12)20(22)13(15(11)21)9-4-2-5-10(8-9)24-16(17,18)19/h2-8H,1H3. The average Bonchev–Trinajstić information content (AvgIpc) is 2.77. The molecule has 0 bridgehead atoms. The lowest BCUT2D eigenvalue weighted by Crippen LogP contribution is -2.19. The number of rotatable bonds is 3. The van der Waals surface area contributed by atoms with E-state index in [1.54, 1.807) is 6.07 Å². The van der Waals surface area contributed by atoms with Gasteiger partial charge in [0.05, 0.1) is 12.7 Å². The fraction of sp³-hybridized carbons (Fsp3) is 0.125. The molecule has 0 spiro atoms. The van der Waals surface area contributed by atoms with Crippen molar-refractivity contribution >= 4 is 17.2 Å². The molecular formula is C16H10F3NO4. The van der Waals surface area contributed by atoms with E-state index in [0.717, 1.165) is 12.1 Å². The predicted octanol–water partition coefficient (Wildman–Crippen LogP) is 3.42. The van der Waals surface area contributed by atoms with Crippen LogP contribution in [0.25, 0.3) is 0 Å². The van der Waals surface area contributed by atoms with Crippen LogP contribution in [0.2, 0.25) is 0 Å². The molecule has 0 N–H and O–H groups in total. The smallest absolute Gasteiger partial charge is 0.573 e. The molecule has 3 rings (SSSR count). The average molecular weight is 337 g/mol. The number of ketones is 1. The predicted molar refractivity (Wildman–Crippen MR) is 77.8 cm³/mol. The van der Waals surface area contributed by atoms with Crippen LogP contribution in [0.3, 0.4) is 0 Å². The van der Waals surface area contributed by atoms with Crippen molar-refractivity contribution in [1.29, 1.82) is 0 Å². The Morgan fingerprint density at radius 2 is 1.83 bits per heavy atom. The molecule has 124 valence electrons. The first-order chi connectivity index (χ1) is 11.3. The van der Waals surface area contributed by atoms with Crippen LogP contribution in [-0.2, 0) is 0 Å². The van der Waals surface area contributed by atoms with Gasteiger partial charge in [-0.25, -0.2) is 0 Å². The SMILES string of the molecule is COc1cccc2c1[N+]([O-])=C(c1cccc(OC(F)(F)F)c1)C2=O. The van der Waals surface area contributed by atoms with Crippen molar-refractivity contribution in [2.24, 2.45) is 0 Å². The Labute approximate surface area is 134 Å². The van der Waals surface area contributed by atoms with Crippen molar-refractivity contribution in [3.8, 4) is 11.5 Å². The molecule has 0 fully saturated rings. The van der Waals surface area contributed by atoms with Crippen molar-refractivity contribution in [2.75, 3.05) is 7.11 Å². The Balaban J connectivity index is 2.09. The summed E-state index contributed by atoms with van der Waals surface area (Å²) < 4.78 is 46.3. The molecule has 24 heavy (non-hydrogen) atoms. The van der Waals surface area contributed by atoms with Gasteiger partial charge in [0.1, 0.15) is 11.3 Å². The van der Waals surface area contributed by atoms with Crippen LogP contribution < -0.4 is 9.47 Å². The molecule has 0 saturated carbocycles. The zero-order chi connectivity index (χ0) is 17.5. The second kappa shape index (κ2) is 5.55. The number of Topliss-reactive ketones (excluding diaryl/α,β-unsaturated/α-hetero) is 1. The number of carbonyl (C=O) groups excluding carboxylic acids is 1. The number of hydrogen-bond acceptors (Lipinski definition) is 4. The zero-order valence-electron chi connectivity index (χ0n) is 12.3. The Morgan fingerprint density at radius 3 is 2.50 bits per heavy atom. The minimum atomic E-state index is -4.87. The van der Waals surface area contributed by atoms with E-state index in [9.17, 15) is 23.2 Å². The number of ether oxygens (including phenoxy) is 2. The summed E-state index contributed by atoms with van der Waals surface area (Å²) in [6.45, 7) is 0. The van der Waals surface area contributed by atoms with Gasteiger partial charge in [-0.1, -0.05) is 12.1 Å². The summed E-state index contributed by atoms with van der Waals surface area (Å²) in [5.41, 5.74) is -0.110. The normalized spacial score (nSPS) is 13.9. The number of hydrogen-bond donors (Lipinski definition) is 0. The van der Waals surface area contributed by atoms with Gasteiger partial charge in [0.25, 0.3) is 17.2 Å². The van der Waals surface area contributed by atoms with Gasteiger partial charge >= 0.3 is 6.36 Å². The van der Waals surface area contributed by atoms with Crippen LogP contribution >= 0.6 is 0 Å². The molecule has 0 saturated heterocycles. The third-order valence-corrected chi connectivity index (χ3v) is 3.43. The summed E-state index contributed by atoms with van der Waals surface area (Å²) in [5, 5.41) is 12.5. The number of benzene rings is 2. The number of halogens is 3. The first kappa shape index (κ1) is 15.9. The van der Waals surface area contributed by atoms with Crippen molar-refractivity contribution in [3.63, 3.8) is 0 Å². The number of para-hydroxylation sites is 1. The van der Waals surface area contributed by atoms with Crippen LogP contribution in [0.4, 0.5) is 18.9 Å². The molecule has 1 aliphatic rings. The lowest BCUT2D eigenvalue weighted by molar-refractivity contribution is -0.356. The first-order valence-electron chi connectivity index (χ1n) is 6.74. The van der Waals surface area contributed by atoms with Crippen LogP contribution in [0.1, 0.15) is 15.9 Å². The van der Waals surface area contributed by atoms with E-state index in [4.69, 9.17) is 4.74 Å². The van der Waals surface area contributed by atoms with E-state index in [0.29, 0.717) is 4.74 Å². The quantitative estimate of drug-likeness (QED) is 0.636. The van der Waals surface area contributed by atoms with Gasteiger partial charge in [0, 0.05) is 0 Å². The van der Waals surface area contributed by atoms with E-state index in [1.807, 2.05) is 0 Å². The van der Waals surface area contributed by atoms with Crippen LogP contribution in [0.15, 0.2) is 42.5 Å². The molecule has 0 unspecified atom stereocenters. The summed E-state index contributed by atoms with van der Waals surface area (Å²) in [6, 6.07) is 9.22.